The van der Waals surface area contributed by atoms with E-state index in [2.05, 4.69) is 50.3 Å². The van der Waals surface area contributed by atoms with E-state index in [1.54, 1.807) is 11.1 Å². The molecule has 0 spiro atoms. The zero-order chi connectivity index (χ0) is 22.3. The van der Waals surface area contributed by atoms with Crippen molar-refractivity contribution >= 4 is 6.29 Å². The zero-order valence-electron chi connectivity index (χ0n) is 20.0. The van der Waals surface area contributed by atoms with Crippen LogP contribution < -0.4 is 0 Å². The third-order valence-corrected chi connectivity index (χ3v) is 6.79. The minimum Gasteiger partial charge on any atom is -0.389 e. The molecule has 1 N–H and O–H groups in total. The average Bonchev–Trinajstić information content (AvgIpc) is 3.06. The molecule has 4 rings (SSSR count). The van der Waals surface area contributed by atoms with Gasteiger partial charge in [0.2, 0.25) is 0 Å². The van der Waals surface area contributed by atoms with E-state index in [0.717, 1.165) is 18.3 Å². The fourth-order valence-electron chi connectivity index (χ4n) is 5.00. The Morgan fingerprint density at radius 1 is 0.968 bits per heavy atom. The van der Waals surface area contributed by atoms with Crippen LogP contribution in [0.25, 0.3) is 0 Å². The van der Waals surface area contributed by atoms with Crippen molar-refractivity contribution in [2.45, 2.75) is 103 Å². The highest BCUT2D eigenvalue weighted by Crippen LogP contribution is 2.33. The maximum absolute atomic E-state index is 8.92. The van der Waals surface area contributed by atoms with Crippen molar-refractivity contribution in [2.75, 3.05) is 6.61 Å². The Kier molecular flexibility index (Phi) is 12.5. The molecule has 0 bridgehead atoms. The molecule has 0 saturated heterocycles. The number of aldehydes is 1. The predicted octanol–water partition coefficient (Wildman–Crippen LogP) is 7.95. The van der Waals surface area contributed by atoms with Gasteiger partial charge in [0.05, 0.1) is 6.61 Å². The molecule has 2 nitrogen and oxygen atoms in total. The smallest absolute Gasteiger partial charge is 0.145 e. The summed E-state index contributed by atoms with van der Waals surface area (Å²) in [7, 11) is 0. The van der Waals surface area contributed by atoms with Gasteiger partial charge in [-0.15, -0.1) is 0 Å². The van der Waals surface area contributed by atoms with Crippen LogP contribution in [0.1, 0.15) is 109 Å². The molecule has 0 aromatic heterocycles. The van der Waals surface area contributed by atoms with Crippen LogP contribution in [0.3, 0.4) is 0 Å². The first kappa shape index (κ1) is 25.6. The number of carbonyl (C=O) groups is 1. The first-order valence-electron chi connectivity index (χ1n) is 12.6. The number of benzene rings is 1. The number of allylic oxidation sites excluding steroid dienone is 4. The highest BCUT2D eigenvalue weighted by Gasteiger charge is 2.16. The molecule has 3 aliphatic carbocycles. The van der Waals surface area contributed by atoms with Crippen molar-refractivity contribution in [3.8, 4) is 0 Å². The third-order valence-electron chi connectivity index (χ3n) is 6.79. The quantitative estimate of drug-likeness (QED) is 0.392. The molecule has 174 valence electrons. The second kappa shape index (κ2) is 15.2. The largest absolute Gasteiger partial charge is 0.389 e. The Balaban J connectivity index is 0.000000329. The molecule has 0 heterocycles. The lowest BCUT2D eigenvalue weighted by Crippen LogP contribution is -2.05. The molecule has 1 aromatic carbocycles. The van der Waals surface area contributed by atoms with E-state index in [0.29, 0.717) is 6.29 Å². The first-order chi connectivity index (χ1) is 15.1. The van der Waals surface area contributed by atoms with Crippen molar-refractivity contribution in [3.05, 3.63) is 58.7 Å². The lowest BCUT2D eigenvalue weighted by Gasteiger charge is -2.22. The van der Waals surface area contributed by atoms with Gasteiger partial charge in [-0.2, -0.15) is 0 Å². The Morgan fingerprint density at radius 3 is 2.16 bits per heavy atom. The topological polar surface area (TPSA) is 37.3 Å². The maximum Gasteiger partial charge on any atom is 0.145 e. The Bertz CT molecular complexity index is 693. The Morgan fingerprint density at radius 2 is 1.58 bits per heavy atom. The SMILES string of the molecule is CC1=CC=C(Cc2cccc(C3CCCCC3)c2)C1.CC1CCCCCC1.O=CCO.[HH]. The van der Waals surface area contributed by atoms with Gasteiger partial charge in [-0.25, -0.2) is 0 Å². The number of rotatable bonds is 4. The van der Waals surface area contributed by atoms with Crippen LogP contribution in [0.15, 0.2) is 47.6 Å². The zero-order valence-corrected chi connectivity index (χ0v) is 20.0. The summed E-state index contributed by atoms with van der Waals surface area (Å²) in [5, 5.41) is 7.51. The van der Waals surface area contributed by atoms with Crippen LogP contribution in [-0.2, 0) is 11.2 Å². The molecule has 2 heteroatoms. The van der Waals surface area contributed by atoms with Gasteiger partial charge in [-0.3, -0.25) is 0 Å². The summed E-state index contributed by atoms with van der Waals surface area (Å²) >= 11 is 0. The van der Waals surface area contributed by atoms with Crippen molar-refractivity contribution in [3.63, 3.8) is 0 Å². The summed E-state index contributed by atoms with van der Waals surface area (Å²) in [5.41, 5.74) is 6.15. The number of hydrogen-bond donors (Lipinski definition) is 1. The maximum atomic E-state index is 8.92. The molecule has 1 aromatic rings. The van der Waals surface area contributed by atoms with E-state index in [9.17, 15) is 0 Å². The van der Waals surface area contributed by atoms with Crippen molar-refractivity contribution in [2.24, 2.45) is 5.92 Å². The highest BCUT2D eigenvalue weighted by molar-refractivity contribution is 5.49. The van der Waals surface area contributed by atoms with Crippen LogP contribution in [-0.4, -0.2) is 18.0 Å². The molecule has 2 fully saturated rings. The summed E-state index contributed by atoms with van der Waals surface area (Å²) in [5.74, 6) is 1.85. The summed E-state index contributed by atoms with van der Waals surface area (Å²) in [6.45, 7) is 4.24. The minimum absolute atomic E-state index is 0. The average molecular weight is 427 g/mol. The molecule has 0 radical (unpaired) electrons. The molecule has 0 atom stereocenters. The van der Waals surface area contributed by atoms with E-state index < -0.39 is 0 Å². The van der Waals surface area contributed by atoms with Crippen LogP contribution in [0.5, 0.6) is 0 Å². The second-order valence-electron chi connectivity index (χ2n) is 9.72. The summed E-state index contributed by atoms with van der Waals surface area (Å²) in [6.07, 6.45) is 23.3. The van der Waals surface area contributed by atoms with Crippen LogP contribution in [0.2, 0.25) is 0 Å². The number of carbonyl (C=O) groups excluding carboxylic acids is 1. The van der Waals surface area contributed by atoms with Gasteiger partial charge in [0.25, 0.3) is 0 Å². The fourth-order valence-corrected chi connectivity index (χ4v) is 5.00. The lowest BCUT2D eigenvalue weighted by molar-refractivity contribution is -0.110. The molecule has 2 saturated carbocycles. The van der Waals surface area contributed by atoms with Crippen molar-refractivity contribution < 1.29 is 11.3 Å². The number of aliphatic hydroxyl groups excluding tert-OH is 1. The molecular formula is C29H46O2. The molecule has 0 amide bonds. The van der Waals surface area contributed by atoms with E-state index in [1.165, 1.54) is 88.2 Å². The second-order valence-corrected chi connectivity index (χ2v) is 9.72. The Hall–Kier alpha value is -1.67. The van der Waals surface area contributed by atoms with E-state index in [4.69, 9.17) is 9.90 Å². The lowest BCUT2D eigenvalue weighted by atomic mass is 9.83. The van der Waals surface area contributed by atoms with Crippen LogP contribution >= 0.6 is 0 Å². The highest BCUT2D eigenvalue weighted by atomic mass is 16.3. The van der Waals surface area contributed by atoms with E-state index in [1.807, 2.05) is 0 Å². The van der Waals surface area contributed by atoms with Gasteiger partial charge in [-0.05, 0) is 55.6 Å². The van der Waals surface area contributed by atoms with E-state index in [-0.39, 0.29) is 8.03 Å². The fraction of sp³-hybridized carbons (Fsp3) is 0.621. The van der Waals surface area contributed by atoms with Gasteiger partial charge in [0.1, 0.15) is 6.29 Å². The van der Waals surface area contributed by atoms with Crippen LogP contribution in [0.4, 0.5) is 0 Å². The predicted molar refractivity (Wildman–Crippen MR) is 135 cm³/mol. The monoisotopic (exact) mass is 426 g/mol. The first-order valence-corrected chi connectivity index (χ1v) is 12.6. The molecule has 3 aliphatic rings. The van der Waals surface area contributed by atoms with Gasteiger partial charge < -0.3 is 9.90 Å². The summed E-state index contributed by atoms with van der Waals surface area (Å²) < 4.78 is 0. The van der Waals surface area contributed by atoms with Crippen molar-refractivity contribution in [1.82, 2.24) is 0 Å². The van der Waals surface area contributed by atoms with Crippen LogP contribution in [0, 0.1) is 5.92 Å². The summed E-state index contributed by atoms with van der Waals surface area (Å²) in [4.78, 5) is 8.92. The normalized spacial score (nSPS) is 19.7. The third kappa shape index (κ3) is 10.5. The number of aliphatic hydroxyl groups is 1. The molecular weight excluding hydrogens is 380 g/mol. The van der Waals surface area contributed by atoms with Gasteiger partial charge in [0, 0.05) is 1.43 Å². The van der Waals surface area contributed by atoms with E-state index >= 15 is 0 Å². The van der Waals surface area contributed by atoms with Crippen molar-refractivity contribution in [1.29, 1.82) is 0 Å². The van der Waals surface area contributed by atoms with Gasteiger partial charge >= 0.3 is 0 Å². The standard InChI is InChI=1S/C19H24.C8H16.C2H4O2.H2/c1-15-10-11-17(12-15)13-16-6-5-9-19(14-16)18-7-3-2-4-8-18;1-8-6-4-2-3-5-7-8;3-1-2-4;/h5-6,9-11,14,18H,2-4,7-8,12-13H2,1H3;8H,2-7H2,1H3;1,4H,2H2;1H. The van der Waals surface area contributed by atoms with Gasteiger partial charge in [-0.1, -0.05) is 112 Å². The molecule has 0 aliphatic heterocycles. The molecule has 0 unspecified atom stereocenters. The number of hydrogen-bond acceptors (Lipinski definition) is 2. The van der Waals surface area contributed by atoms with Gasteiger partial charge in [0.15, 0.2) is 0 Å². The summed E-state index contributed by atoms with van der Waals surface area (Å²) in [6, 6.07) is 9.35. The minimum atomic E-state index is -0.361. The Labute approximate surface area is 192 Å². The molecule has 31 heavy (non-hydrogen) atoms.